The highest BCUT2D eigenvalue weighted by atomic mass is 79.9. The van der Waals surface area contributed by atoms with Crippen LogP contribution in [0.2, 0.25) is 0 Å². The summed E-state index contributed by atoms with van der Waals surface area (Å²) in [7, 11) is 0. The number of amides is 1. The minimum Gasteiger partial charge on any atom is -0.331 e. The molecular weight excluding hydrogens is 261 g/mol. The number of halogens is 2. The van der Waals surface area contributed by atoms with Gasteiger partial charge >= 0.3 is 0 Å². The van der Waals surface area contributed by atoms with Gasteiger partial charge in [-0.05, 0) is 28.1 Å². The zero-order valence-corrected chi connectivity index (χ0v) is 9.50. The molecular formula is C11H9BrFNO. The van der Waals surface area contributed by atoms with Crippen molar-refractivity contribution < 1.29 is 9.18 Å². The lowest BCUT2D eigenvalue weighted by Crippen LogP contribution is -2.28. The summed E-state index contributed by atoms with van der Waals surface area (Å²) in [5, 5.41) is 0. The minimum atomic E-state index is -0.409. The van der Waals surface area contributed by atoms with Crippen LogP contribution >= 0.6 is 15.9 Å². The van der Waals surface area contributed by atoms with Gasteiger partial charge < -0.3 is 4.90 Å². The Morgan fingerprint density at radius 3 is 2.67 bits per heavy atom. The van der Waals surface area contributed by atoms with Crippen LogP contribution in [-0.2, 0) is 0 Å². The van der Waals surface area contributed by atoms with Crippen molar-refractivity contribution in [3.63, 3.8) is 0 Å². The smallest absolute Gasteiger partial charge is 0.255 e. The Bertz CT molecular complexity index is 423. The second-order valence-electron chi connectivity index (χ2n) is 3.28. The van der Waals surface area contributed by atoms with Gasteiger partial charge in [-0.2, -0.15) is 0 Å². The van der Waals surface area contributed by atoms with Crippen molar-refractivity contribution in [2.45, 2.75) is 0 Å². The first-order valence-electron chi connectivity index (χ1n) is 4.58. The van der Waals surface area contributed by atoms with Gasteiger partial charge in [0.05, 0.1) is 10.0 Å². The Balaban J connectivity index is 2.29. The monoisotopic (exact) mass is 269 g/mol. The van der Waals surface area contributed by atoms with Gasteiger partial charge in [-0.1, -0.05) is 18.2 Å². The molecule has 0 saturated heterocycles. The van der Waals surface area contributed by atoms with E-state index in [2.05, 4.69) is 15.9 Å². The lowest BCUT2D eigenvalue weighted by Gasteiger charge is -2.16. The lowest BCUT2D eigenvalue weighted by atomic mass is 10.2. The molecule has 0 N–H and O–H groups in total. The highest BCUT2D eigenvalue weighted by Crippen LogP contribution is 2.22. The van der Waals surface area contributed by atoms with E-state index in [-0.39, 0.29) is 10.4 Å². The third-order valence-corrected chi connectivity index (χ3v) is 3.09. The maximum absolute atomic E-state index is 13.2. The molecule has 1 aliphatic heterocycles. The number of nitrogens with zero attached hydrogens (tertiary/aromatic N) is 1. The lowest BCUT2D eigenvalue weighted by molar-refractivity contribution is 0.0798. The number of hydrogen-bond donors (Lipinski definition) is 0. The summed E-state index contributed by atoms with van der Waals surface area (Å²) < 4.78 is 13.4. The predicted octanol–water partition coefficient (Wildman–Crippen LogP) is 2.60. The van der Waals surface area contributed by atoms with Gasteiger partial charge in [0, 0.05) is 13.1 Å². The fourth-order valence-corrected chi connectivity index (χ4v) is 1.92. The maximum Gasteiger partial charge on any atom is 0.255 e. The summed E-state index contributed by atoms with van der Waals surface area (Å²) in [6.07, 6.45) is 3.84. The molecule has 0 aromatic heterocycles. The second kappa shape index (κ2) is 4.14. The minimum absolute atomic E-state index is 0.147. The van der Waals surface area contributed by atoms with Crippen molar-refractivity contribution in [1.82, 2.24) is 4.90 Å². The van der Waals surface area contributed by atoms with Crippen molar-refractivity contribution in [1.29, 1.82) is 0 Å². The number of benzene rings is 1. The van der Waals surface area contributed by atoms with E-state index in [0.717, 1.165) is 0 Å². The summed E-state index contributed by atoms with van der Waals surface area (Å²) in [6.45, 7) is 1.20. The molecule has 0 unspecified atom stereocenters. The fraction of sp³-hybridized carbons (Fsp3) is 0.182. The molecule has 2 nitrogen and oxygen atoms in total. The van der Waals surface area contributed by atoms with E-state index in [0.29, 0.717) is 18.7 Å². The molecule has 1 aromatic carbocycles. The standard InChI is InChI=1S/C11H9BrFNO/c12-10-8(4-3-5-9(10)13)11(15)14-6-1-2-7-14/h1-5H,6-7H2. The van der Waals surface area contributed by atoms with Crippen LogP contribution in [0, 0.1) is 5.82 Å². The molecule has 0 atom stereocenters. The summed E-state index contributed by atoms with van der Waals surface area (Å²) in [4.78, 5) is 13.6. The third-order valence-electron chi connectivity index (χ3n) is 2.29. The molecule has 1 aromatic rings. The molecule has 0 saturated carbocycles. The quantitative estimate of drug-likeness (QED) is 0.718. The van der Waals surface area contributed by atoms with Gasteiger partial charge in [0.1, 0.15) is 5.82 Å². The van der Waals surface area contributed by atoms with Crippen LogP contribution in [-0.4, -0.2) is 23.9 Å². The van der Waals surface area contributed by atoms with Gasteiger partial charge in [-0.25, -0.2) is 4.39 Å². The van der Waals surface area contributed by atoms with Crippen LogP contribution in [0.3, 0.4) is 0 Å². The van der Waals surface area contributed by atoms with Crippen molar-refractivity contribution >= 4 is 21.8 Å². The van der Waals surface area contributed by atoms with Crippen LogP contribution in [0.15, 0.2) is 34.8 Å². The van der Waals surface area contributed by atoms with Crippen LogP contribution in [0.1, 0.15) is 10.4 Å². The maximum atomic E-state index is 13.2. The highest BCUT2D eigenvalue weighted by molar-refractivity contribution is 9.10. The summed E-state index contributed by atoms with van der Waals surface area (Å²) in [5.74, 6) is -0.556. The molecule has 0 spiro atoms. The first kappa shape index (κ1) is 10.4. The Hall–Kier alpha value is -1.16. The molecule has 2 rings (SSSR count). The molecule has 15 heavy (non-hydrogen) atoms. The van der Waals surface area contributed by atoms with Crippen LogP contribution in [0.5, 0.6) is 0 Å². The first-order valence-corrected chi connectivity index (χ1v) is 5.37. The molecule has 1 amide bonds. The predicted molar refractivity (Wildman–Crippen MR) is 59.1 cm³/mol. The Morgan fingerprint density at radius 2 is 2.00 bits per heavy atom. The van der Waals surface area contributed by atoms with Gasteiger partial charge in [0.2, 0.25) is 0 Å². The van der Waals surface area contributed by atoms with Crippen LogP contribution < -0.4 is 0 Å². The van der Waals surface area contributed by atoms with Crippen LogP contribution in [0.4, 0.5) is 4.39 Å². The van der Waals surface area contributed by atoms with Crippen molar-refractivity contribution in [2.75, 3.05) is 13.1 Å². The van der Waals surface area contributed by atoms with Crippen LogP contribution in [0.25, 0.3) is 0 Å². The molecule has 1 aliphatic rings. The Labute approximate surface area is 95.5 Å². The molecule has 0 radical (unpaired) electrons. The highest BCUT2D eigenvalue weighted by Gasteiger charge is 2.19. The third kappa shape index (κ3) is 1.95. The largest absolute Gasteiger partial charge is 0.331 e. The molecule has 1 heterocycles. The van der Waals surface area contributed by atoms with E-state index in [1.54, 1.807) is 11.0 Å². The zero-order valence-electron chi connectivity index (χ0n) is 7.91. The zero-order chi connectivity index (χ0) is 10.8. The van der Waals surface area contributed by atoms with Gasteiger partial charge in [-0.3, -0.25) is 4.79 Å². The average molecular weight is 270 g/mol. The first-order chi connectivity index (χ1) is 7.20. The van der Waals surface area contributed by atoms with E-state index in [1.165, 1.54) is 12.1 Å². The van der Waals surface area contributed by atoms with E-state index < -0.39 is 5.82 Å². The van der Waals surface area contributed by atoms with Gasteiger partial charge in [0.15, 0.2) is 0 Å². The summed E-state index contributed by atoms with van der Waals surface area (Å²) >= 11 is 3.08. The molecule has 0 aliphatic carbocycles. The van der Waals surface area contributed by atoms with Crippen molar-refractivity contribution in [2.24, 2.45) is 0 Å². The topological polar surface area (TPSA) is 20.3 Å². The molecule has 78 valence electrons. The average Bonchev–Trinajstić information content (AvgIpc) is 2.74. The number of hydrogen-bond acceptors (Lipinski definition) is 1. The van der Waals surface area contributed by atoms with Crippen molar-refractivity contribution in [3.8, 4) is 0 Å². The number of carbonyl (C=O) groups is 1. The van der Waals surface area contributed by atoms with Gasteiger partial charge in [-0.15, -0.1) is 0 Å². The van der Waals surface area contributed by atoms with E-state index in [9.17, 15) is 9.18 Å². The van der Waals surface area contributed by atoms with E-state index in [4.69, 9.17) is 0 Å². The fourth-order valence-electron chi connectivity index (χ4n) is 1.48. The van der Waals surface area contributed by atoms with E-state index >= 15 is 0 Å². The number of rotatable bonds is 1. The molecule has 4 heteroatoms. The Morgan fingerprint density at radius 1 is 1.33 bits per heavy atom. The second-order valence-corrected chi connectivity index (χ2v) is 4.08. The normalized spacial score (nSPS) is 14.7. The van der Waals surface area contributed by atoms with Gasteiger partial charge in [0.25, 0.3) is 5.91 Å². The summed E-state index contributed by atoms with van der Waals surface area (Å²) in [5.41, 5.74) is 0.374. The molecule has 0 bridgehead atoms. The Kier molecular flexibility index (Phi) is 2.86. The molecule has 0 fully saturated rings. The SMILES string of the molecule is O=C(c1cccc(F)c1Br)N1CC=CC1. The number of carbonyl (C=O) groups excluding carboxylic acids is 1. The summed E-state index contributed by atoms with van der Waals surface area (Å²) in [6, 6.07) is 4.48. The van der Waals surface area contributed by atoms with E-state index in [1.807, 2.05) is 12.2 Å². The van der Waals surface area contributed by atoms with Crippen molar-refractivity contribution in [3.05, 3.63) is 46.2 Å².